The lowest BCUT2D eigenvalue weighted by molar-refractivity contribution is 0.112. The Bertz CT molecular complexity index is 857. The predicted octanol–water partition coefficient (Wildman–Crippen LogP) is 5.06. The van der Waals surface area contributed by atoms with Crippen molar-refractivity contribution >= 4 is 12.0 Å². The van der Waals surface area contributed by atoms with Crippen molar-refractivity contribution in [3.8, 4) is 5.69 Å². The summed E-state index contributed by atoms with van der Waals surface area (Å²) < 4.78 is 7.70. The Kier molecular flexibility index (Phi) is 6.88. The van der Waals surface area contributed by atoms with Gasteiger partial charge in [-0.15, -0.1) is 0 Å². The van der Waals surface area contributed by atoms with Crippen LogP contribution in [-0.2, 0) is 4.74 Å². The molecule has 1 aliphatic rings. The van der Waals surface area contributed by atoms with Crippen molar-refractivity contribution in [2.45, 2.75) is 33.1 Å². The molecule has 0 N–H and O–H groups in total. The number of carbonyl (C=O) groups excluding carboxylic acids is 1. The van der Waals surface area contributed by atoms with E-state index < -0.39 is 0 Å². The van der Waals surface area contributed by atoms with Gasteiger partial charge in [0.15, 0.2) is 6.29 Å². The van der Waals surface area contributed by atoms with Gasteiger partial charge in [0.1, 0.15) is 0 Å². The fourth-order valence-corrected chi connectivity index (χ4v) is 3.83. The number of ether oxygens (including phenoxy) is 1. The molecule has 148 valence electrons. The standard InChI is InChI=1S/C24H30N2O2/c1-4-5-6-7-9-19(2)24-21(18-27)16-20(3)26(24)23-11-8-10-22(17-23)25-12-14-28-15-13-25/h4-5,7-11,16-19H,6,12-15H2,1-3H3/b5-4-,9-7-. The summed E-state index contributed by atoms with van der Waals surface area (Å²) in [7, 11) is 0. The number of morpholine rings is 1. The topological polar surface area (TPSA) is 34.5 Å². The molecule has 0 amide bonds. The monoisotopic (exact) mass is 378 g/mol. The second-order valence-corrected chi connectivity index (χ2v) is 7.22. The Labute approximate surface area is 168 Å². The van der Waals surface area contributed by atoms with Crippen LogP contribution in [0.1, 0.15) is 47.9 Å². The van der Waals surface area contributed by atoms with Gasteiger partial charge in [0.2, 0.25) is 0 Å². The number of nitrogens with zero attached hydrogens (tertiary/aromatic N) is 2. The van der Waals surface area contributed by atoms with Crippen molar-refractivity contribution in [2.24, 2.45) is 0 Å². The molecule has 0 radical (unpaired) electrons. The number of carbonyl (C=O) groups is 1. The Morgan fingerprint density at radius 1 is 1.14 bits per heavy atom. The Hall–Kier alpha value is -2.59. The second kappa shape index (κ2) is 9.56. The summed E-state index contributed by atoms with van der Waals surface area (Å²) in [6.45, 7) is 9.58. The summed E-state index contributed by atoms with van der Waals surface area (Å²) in [6, 6.07) is 10.6. The predicted molar refractivity (Wildman–Crippen MR) is 116 cm³/mol. The average Bonchev–Trinajstić information content (AvgIpc) is 3.08. The van der Waals surface area contributed by atoms with E-state index in [4.69, 9.17) is 4.74 Å². The van der Waals surface area contributed by atoms with Crippen molar-refractivity contribution in [3.05, 3.63) is 71.6 Å². The smallest absolute Gasteiger partial charge is 0.151 e. The molecule has 2 heterocycles. The van der Waals surface area contributed by atoms with Gasteiger partial charge in [0, 0.05) is 47.3 Å². The van der Waals surface area contributed by atoms with Crippen LogP contribution in [0.25, 0.3) is 5.69 Å². The van der Waals surface area contributed by atoms with Crippen molar-refractivity contribution in [1.29, 1.82) is 0 Å². The molecular weight excluding hydrogens is 348 g/mol. The Balaban J connectivity index is 1.98. The van der Waals surface area contributed by atoms with Crippen molar-refractivity contribution in [2.75, 3.05) is 31.2 Å². The molecular formula is C24H30N2O2. The molecule has 1 unspecified atom stereocenters. The third kappa shape index (κ3) is 4.45. The minimum Gasteiger partial charge on any atom is -0.378 e. The number of aromatic nitrogens is 1. The van der Waals surface area contributed by atoms with Crippen molar-refractivity contribution < 1.29 is 9.53 Å². The summed E-state index contributed by atoms with van der Waals surface area (Å²) in [5.41, 5.74) is 5.17. The third-order valence-electron chi connectivity index (χ3n) is 5.21. The highest BCUT2D eigenvalue weighted by atomic mass is 16.5. The summed E-state index contributed by atoms with van der Waals surface area (Å²) >= 11 is 0. The molecule has 4 heteroatoms. The largest absolute Gasteiger partial charge is 0.378 e. The fourth-order valence-electron chi connectivity index (χ4n) is 3.83. The third-order valence-corrected chi connectivity index (χ3v) is 5.21. The number of anilines is 1. The number of aldehydes is 1. The summed E-state index contributed by atoms with van der Waals surface area (Å²) in [5, 5.41) is 0. The minimum atomic E-state index is 0.145. The van der Waals surface area contributed by atoms with Gasteiger partial charge in [-0.3, -0.25) is 4.79 Å². The summed E-state index contributed by atoms with van der Waals surface area (Å²) in [5.74, 6) is 0.145. The molecule has 0 spiro atoms. The van der Waals surface area contributed by atoms with Crippen LogP contribution < -0.4 is 4.90 Å². The molecule has 1 saturated heterocycles. The SMILES string of the molecule is C/C=C\C/C=C\C(C)c1c(C=O)cc(C)n1-c1cccc(N2CCOCC2)c1. The zero-order valence-corrected chi connectivity index (χ0v) is 17.1. The molecule has 0 aliphatic carbocycles. The van der Waals surface area contributed by atoms with Crippen LogP contribution in [0.2, 0.25) is 0 Å². The summed E-state index contributed by atoms with van der Waals surface area (Å²) in [6.07, 6.45) is 10.4. The number of hydrogen-bond acceptors (Lipinski definition) is 3. The van der Waals surface area contributed by atoms with Gasteiger partial charge < -0.3 is 14.2 Å². The van der Waals surface area contributed by atoms with E-state index in [1.807, 2.05) is 13.0 Å². The van der Waals surface area contributed by atoms with E-state index in [0.717, 1.165) is 61.6 Å². The maximum Gasteiger partial charge on any atom is 0.151 e. The second-order valence-electron chi connectivity index (χ2n) is 7.22. The van der Waals surface area contributed by atoms with Gasteiger partial charge in [0.05, 0.1) is 13.2 Å². The molecule has 1 aromatic heterocycles. The van der Waals surface area contributed by atoms with Crippen molar-refractivity contribution in [1.82, 2.24) is 4.57 Å². The van der Waals surface area contributed by atoms with E-state index >= 15 is 0 Å². The van der Waals surface area contributed by atoms with Gasteiger partial charge in [-0.05, 0) is 44.5 Å². The molecule has 28 heavy (non-hydrogen) atoms. The van der Waals surface area contributed by atoms with Crippen LogP contribution >= 0.6 is 0 Å². The first-order chi connectivity index (χ1) is 13.7. The maximum atomic E-state index is 11.7. The average molecular weight is 379 g/mol. The molecule has 1 atom stereocenters. The zero-order valence-electron chi connectivity index (χ0n) is 17.1. The molecule has 0 bridgehead atoms. The van der Waals surface area contributed by atoms with Crippen LogP contribution in [0, 0.1) is 6.92 Å². The lowest BCUT2D eigenvalue weighted by atomic mass is 10.0. The highest BCUT2D eigenvalue weighted by Crippen LogP contribution is 2.30. The molecule has 3 rings (SSSR count). The number of benzene rings is 1. The van der Waals surface area contributed by atoms with Crippen LogP contribution in [0.4, 0.5) is 5.69 Å². The van der Waals surface area contributed by atoms with Gasteiger partial charge in [0.25, 0.3) is 0 Å². The normalized spacial score (nSPS) is 16.2. The highest BCUT2D eigenvalue weighted by Gasteiger charge is 2.19. The first-order valence-electron chi connectivity index (χ1n) is 10.0. The fraction of sp³-hybridized carbons (Fsp3) is 0.375. The molecule has 2 aromatic rings. The molecule has 0 saturated carbocycles. The van der Waals surface area contributed by atoms with Crippen LogP contribution in [0.5, 0.6) is 0 Å². The zero-order chi connectivity index (χ0) is 19.9. The lowest BCUT2D eigenvalue weighted by Gasteiger charge is -2.29. The number of hydrogen-bond donors (Lipinski definition) is 0. The van der Waals surface area contributed by atoms with E-state index in [9.17, 15) is 4.79 Å². The lowest BCUT2D eigenvalue weighted by Crippen LogP contribution is -2.36. The van der Waals surface area contributed by atoms with E-state index in [-0.39, 0.29) is 5.92 Å². The molecule has 4 nitrogen and oxygen atoms in total. The van der Waals surface area contributed by atoms with Gasteiger partial charge >= 0.3 is 0 Å². The number of allylic oxidation sites excluding steroid dienone is 4. The van der Waals surface area contributed by atoms with Crippen LogP contribution in [0.3, 0.4) is 0 Å². The van der Waals surface area contributed by atoms with Crippen LogP contribution in [-0.4, -0.2) is 37.2 Å². The first-order valence-corrected chi connectivity index (χ1v) is 10.0. The maximum absolute atomic E-state index is 11.7. The molecule has 1 aromatic carbocycles. The quantitative estimate of drug-likeness (QED) is 0.499. The van der Waals surface area contributed by atoms with Crippen LogP contribution in [0.15, 0.2) is 54.6 Å². The highest BCUT2D eigenvalue weighted by molar-refractivity contribution is 5.78. The van der Waals surface area contributed by atoms with Gasteiger partial charge in [-0.25, -0.2) is 0 Å². The van der Waals surface area contributed by atoms with E-state index in [1.54, 1.807) is 0 Å². The number of rotatable bonds is 7. The molecule has 1 aliphatic heterocycles. The first kappa shape index (κ1) is 20.2. The van der Waals surface area contributed by atoms with E-state index in [2.05, 4.69) is 71.9 Å². The molecule has 1 fully saturated rings. The Morgan fingerprint density at radius 2 is 1.89 bits per heavy atom. The van der Waals surface area contributed by atoms with E-state index in [1.165, 1.54) is 5.69 Å². The minimum absolute atomic E-state index is 0.145. The van der Waals surface area contributed by atoms with Gasteiger partial charge in [-0.2, -0.15) is 0 Å². The number of aryl methyl sites for hydroxylation is 1. The Morgan fingerprint density at radius 3 is 2.61 bits per heavy atom. The summed E-state index contributed by atoms with van der Waals surface area (Å²) in [4.78, 5) is 14.1. The van der Waals surface area contributed by atoms with E-state index in [0.29, 0.717) is 0 Å². The van der Waals surface area contributed by atoms with Crippen molar-refractivity contribution in [3.63, 3.8) is 0 Å². The van der Waals surface area contributed by atoms with Gasteiger partial charge in [-0.1, -0.05) is 37.3 Å².